The van der Waals surface area contributed by atoms with E-state index in [4.69, 9.17) is 10.6 Å². The summed E-state index contributed by atoms with van der Waals surface area (Å²) >= 11 is 0. The molecule has 3 N–H and O–H groups in total. The largest absolute Gasteiger partial charge is 0.342 e. The molecule has 0 radical (unpaired) electrons. The van der Waals surface area contributed by atoms with Gasteiger partial charge in [-0.3, -0.25) is 5.43 Å². The highest BCUT2D eigenvalue weighted by Gasteiger charge is 2.25. The molecule has 0 bridgehead atoms. The molecule has 1 atom stereocenters. The number of hydrogen-bond acceptors (Lipinski definition) is 5. The Hall–Kier alpha value is -0.810. The molecule has 0 saturated carbocycles. The zero-order valence-electron chi connectivity index (χ0n) is 7.03. The van der Waals surface area contributed by atoms with E-state index in [0.29, 0.717) is 5.92 Å². The van der Waals surface area contributed by atoms with Crippen LogP contribution in [0.2, 0.25) is 0 Å². The molecule has 0 fully saturated rings. The Morgan fingerprint density at radius 1 is 1.73 bits per heavy atom. The molecule has 0 aromatic carbocycles. The Labute approximate surface area is 66.2 Å². The average molecular weight is 158 g/mol. The van der Waals surface area contributed by atoms with Crippen molar-refractivity contribution in [1.82, 2.24) is 10.4 Å². The minimum absolute atomic E-state index is 0.313. The maximum atomic E-state index is 5.65. The number of nitrogens with zero attached hydrogens (tertiary/aromatic N) is 2. The van der Waals surface area contributed by atoms with Gasteiger partial charge in [-0.2, -0.15) is 5.10 Å². The van der Waals surface area contributed by atoms with Gasteiger partial charge in [0, 0.05) is 13.0 Å². The molecule has 1 aliphatic heterocycles. The van der Waals surface area contributed by atoms with Gasteiger partial charge < -0.3 is 4.74 Å². The lowest BCUT2D eigenvalue weighted by atomic mass is 10.2. The molecule has 0 spiro atoms. The average Bonchev–Trinajstić information content (AvgIpc) is 2.30. The van der Waals surface area contributed by atoms with Crippen LogP contribution in [0.25, 0.3) is 0 Å². The first-order valence-corrected chi connectivity index (χ1v) is 3.56. The van der Waals surface area contributed by atoms with Crippen LogP contribution in [0, 0.1) is 5.92 Å². The fraction of sp³-hybridized carbons (Fsp3) is 0.833. The second-order valence-electron chi connectivity index (χ2n) is 2.75. The van der Waals surface area contributed by atoms with Crippen molar-refractivity contribution < 1.29 is 4.74 Å². The lowest BCUT2D eigenvalue weighted by molar-refractivity contribution is -0.00525. The molecule has 0 aromatic rings. The third kappa shape index (κ3) is 1.44. The maximum Gasteiger partial charge on any atom is 0.237 e. The van der Waals surface area contributed by atoms with Crippen LogP contribution >= 0.6 is 0 Å². The topological polar surface area (TPSA) is 62.9 Å². The molecule has 0 amide bonds. The van der Waals surface area contributed by atoms with E-state index >= 15 is 0 Å². The first-order chi connectivity index (χ1) is 5.16. The summed E-state index contributed by atoms with van der Waals surface area (Å²) in [6.07, 6.45) is -0.313. The standard InChI is InChI=1S/C6H14N4O/c1-4(2)5-8-9-6(11-3)10(5)7/h4,6,9H,7H2,1-3H3. The van der Waals surface area contributed by atoms with Crippen LogP contribution in [0.15, 0.2) is 5.10 Å². The Morgan fingerprint density at radius 3 is 2.64 bits per heavy atom. The van der Waals surface area contributed by atoms with Crippen molar-refractivity contribution in [3.8, 4) is 0 Å². The van der Waals surface area contributed by atoms with Crippen LogP contribution in [0.1, 0.15) is 13.8 Å². The molecular weight excluding hydrogens is 144 g/mol. The molecule has 1 aliphatic rings. The smallest absolute Gasteiger partial charge is 0.237 e. The molecule has 0 aromatic heterocycles. The fourth-order valence-corrected chi connectivity index (χ4v) is 0.955. The number of hydrogen-bond donors (Lipinski definition) is 2. The van der Waals surface area contributed by atoms with Gasteiger partial charge in [-0.1, -0.05) is 13.8 Å². The molecule has 1 unspecified atom stereocenters. The number of hydrazine groups is 1. The predicted molar refractivity (Wildman–Crippen MR) is 42.2 cm³/mol. The van der Waals surface area contributed by atoms with Crippen LogP contribution in [0.5, 0.6) is 0 Å². The van der Waals surface area contributed by atoms with Crippen molar-refractivity contribution in [1.29, 1.82) is 0 Å². The Morgan fingerprint density at radius 2 is 2.36 bits per heavy atom. The van der Waals surface area contributed by atoms with Gasteiger partial charge in [0.1, 0.15) is 5.84 Å². The molecule has 0 aliphatic carbocycles. The lowest BCUT2D eigenvalue weighted by Crippen LogP contribution is -2.47. The van der Waals surface area contributed by atoms with Gasteiger partial charge in [0.15, 0.2) is 0 Å². The van der Waals surface area contributed by atoms with Crippen LogP contribution in [-0.4, -0.2) is 24.3 Å². The number of amidine groups is 1. The first kappa shape index (κ1) is 8.29. The predicted octanol–water partition coefficient (Wildman–Crippen LogP) is -0.335. The minimum atomic E-state index is -0.313. The SMILES string of the molecule is COC1NN=C(C(C)C)N1N. The minimum Gasteiger partial charge on any atom is -0.342 e. The summed E-state index contributed by atoms with van der Waals surface area (Å²) in [6, 6.07) is 0. The van der Waals surface area contributed by atoms with Gasteiger partial charge in [-0.25, -0.2) is 10.9 Å². The van der Waals surface area contributed by atoms with Gasteiger partial charge in [0.2, 0.25) is 6.35 Å². The van der Waals surface area contributed by atoms with E-state index in [1.165, 1.54) is 5.01 Å². The van der Waals surface area contributed by atoms with Crippen LogP contribution in [-0.2, 0) is 4.74 Å². The third-order valence-electron chi connectivity index (χ3n) is 1.55. The summed E-state index contributed by atoms with van der Waals surface area (Å²) in [4.78, 5) is 0. The number of methoxy groups -OCH3 is 1. The summed E-state index contributed by atoms with van der Waals surface area (Å²) in [5, 5.41) is 5.50. The van der Waals surface area contributed by atoms with Crippen molar-refractivity contribution in [3.63, 3.8) is 0 Å². The highest BCUT2D eigenvalue weighted by atomic mass is 16.5. The molecule has 0 saturated heterocycles. The molecule has 64 valence electrons. The van der Waals surface area contributed by atoms with E-state index in [-0.39, 0.29) is 6.35 Å². The van der Waals surface area contributed by atoms with Crippen molar-refractivity contribution in [2.24, 2.45) is 16.9 Å². The number of ether oxygens (including phenoxy) is 1. The summed E-state index contributed by atoms with van der Waals surface area (Å²) in [7, 11) is 1.58. The summed E-state index contributed by atoms with van der Waals surface area (Å²) in [5.74, 6) is 6.78. The van der Waals surface area contributed by atoms with Gasteiger partial charge >= 0.3 is 0 Å². The Bertz CT molecular complexity index is 168. The fourth-order valence-electron chi connectivity index (χ4n) is 0.955. The summed E-state index contributed by atoms with van der Waals surface area (Å²) < 4.78 is 4.98. The van der Waals surface area contributed by atoms with Gasteiger partial charge in [-0.15, -0.1) is 0 Å². The molecule has 5 heteroatoms. The monoisotopic (exact) mass is 158 g/mol. The highest BCUT2D eigenvalue weighted by molar-refractivity contribution is 5.84. The van der Waals surface area contributed by atoms with Gasteiger partial charge in [-0.05, 0) is 0 Å². The van der Waals surface area contributed by atoms with E-state index in [1.807, 2.05) is 13.8 Å². The van der Waals surface area contributed by atoms with E-state index in [9.17, 15) is 0 Å². The van der Waals surface area contributed by atoms with Crippen molar-refractivity contribution in [2.45, 2.75) is 20.2 Å². The van der Waals surface area contributed by atoms with Crippen molar-refractivity contribution >= 4 is 5.84 Å². The van der Waals surface area contributed by atoms with E-state index in [2.05, 4.69) is 10.5 Å². The normalized spacial score (nSPS) is 23.9. The van der Waals surface area contributed by atoms with Crippen molar-refractivity contribution in [2.75, 3.05) is 7.11 Å². The summed E-state index contributed by atoms with van der Waals surface area (Å²) in [6.45, 7) is 4.05. The molecule has 5 nitrogen and oxygen atoms in total. The summed E-state index contributed by atoms with van der Waals surface area (Å²) in [5.41, 5.74) is 2.75. The molecular formula is C6H14N4O. The maximum absolute atomic E-state index is 5.65. The van der Waals surface area contributed by atoms with Crippen LogP contribution in [0.4, 0.5) is 0 Å². The van der Waals surface area contributed by atoms with Crippen molar-refractivity contribution in [3.05, 3.63) is 0 Å². The van der Waals surface area contributed by atoms with E-state index in [0.717, 1.165) is 5.84 Å². The zero-order valence-corrected chi connectivity index (χ0v) is 7.03. The number of hydrazone groups is 1. The Kier molecular flexibility index (Phi) is 2.31. The van der Waals surface area contributed by atoms with E-state index < -0.39 is 0 Å². The first-order valence-electron chi connectivity index (χ1n) is 3.56. The second-order valence-corrected chi connectivity index (χ2v) is 2.75. The quantitative estimate of drug-likeness (QED) is 0.540. The zero-order chi connectivity index (χ0) is 8.43. The second kappa shape index (κ2) is 3.06. The molecule has 1 heterocycles. The Balaban J connectivity index is 2.59. The van der Waals surface area contributed by atoms with Crippen LogP contribution < -0.4 is 11.3 Å². The van der Waals surface area contributed by atoms with Gasteiger partial charge in [0.05, 0.1) is 0 Å². The van der Waals surface area contributed by atoms with Crippen LogP contribution in [0.3, 0.4) is 0 Å². The number of rotatable bonds is 2. The molecule has 1 rings (SSSR count). The molecule has 11 heavy (non-hydrogen) atoms. The highest BCUT2D eigenvalue weighted by Crippen LogP contribution is 2.07. The van der Waals surface area contributed by atoms with E-state index in [1.54, 1.807) is 7.11 Å². The number of nitrogens with one attached hydrogen (secondary N) is 1. The van der Waals surface area contributed by atoms with Gasteiger partial charge in [0.25, 0.3) is 0 Å². The lowest BCUT2D eigenvalue weighted by Gasteiger charge is -2.21. The third-order valence-corrected chi connectivity index (χ3v) is 1.55. The number of nitrogens with two attached hydrogens (primary N) is 1.